The number of hydrogen-bond acceptors (Lipinski definition) is 2. The van der Waals surface area contributed by atoms with Gasteiger partial charge in [0.15, 0.2) is 0 Å². The predicted molar refractivity (Wildman–Crippen MR) is 112 cm³/mol. The molecule has 0 aliphatic heterocycles. The molecule has 0 spiro atoms. The summed E-state index contributed by atoms with van der Waals surface area (Å²) >= 11 is 1.73. The van der Waals surface area contributed by atoms with Crippen molar-refractivity contribution in [1.82, 2.24) is 9.88 Å². The molecule has 27 heavy (non-hydrogen) atoms. The molecule has 1 amide bonds. The van der Waals surface area contributed by atoms with Crippen molar-refractivity contribution in [1.29, 1.82) is 0 Å². The van der Waals surface area contributed by atoms with Crippen LogP contribution in [0.1, 0.15) is 39.5 Å². The van der Waals surface area contributed by atoms with Gasteiger partial charge in [0, 0.05) is 11.4 Å². The number of hydrogen-bond donors (Lipinski definition) is 1. The Bertz CT molecular complexity index is 1060. The summed E-state index contributed by atoms with van der Waals surface area (Å²) in [5.41, 5.74) is 4.12. The predicted octanol–water partition coefficient (Wildman–Crippen LogP) is 5.55. The first-order chi connectivity index (χ1) is 13.1. The van der Waals surface area contributed by atoms with E-state index in [1.165, 1.54) is 10.4 Å². The molecular formula is C23H22N2OS. The van der Waals surface area contributed by atoms with Crippen molar-refractivity contribution in [3.8, 4) is 0 Å². The number of aromatic nitrogens is 1. The third kappa shape index (κ3) is 3.53. The lowest BCUT2D eigenvalue weighted by Gasteiger charge is -2.19. The van der Waals surface area contributed by atoms with E-state index < -0.39 is 0 Å². The zero-order valence-electron chi connectivity index (χ0n) is 15.5. The van der Waals surface area contributed by atoms with Crippen molar-refractivity contribution in [2.75, 3.05) is 0 Å². The number of benzene rings is 2. The molecular weight excluding hydrogens is 352 g/mol. The van der Waals surface area contributed by atoms with Crippen LogP contribution in [0.25, 0.3) is 10.2 Å². The van der Waals surface area contributed by atoms with Crippen LogP contribution in [0.2, 0.25) is 0 Å². The van der Waals surface area contributed by atoms with E-state index in [0.717, 1.165) is 15.8 Å². The molecule has 3 nitrogen and oxygen atoms in total. The number of nitrogens with one attached hydrogen (secondary N) is 1. The Morgan fingerprint density at radius 3 is 2.41 bits per heavy atom. The summed E-state index contributed by atoms with van der Waals surface area (Å²) in [5, 5.41) is 3.07. The Labute approximate surface area is 163 Å². The Hall–Kier alpha value is -2.85. The topological polar surface area (TPSA) is 34.0 Å². The Morgan fingerprint density at radius 2 is 1.70 bits per heavy atom. The average Bonchev–Trinajstić information content (AvgIpc) is 3.23. The van der Waals surface area contributed by atoms with Gasteiger partial charge in [-0.2, -0.15) is 0 Å². The number of rotatable bonds is 5. The van der Waals surface area contributed by atoms with Gasteiger partial charge in [0.2, 0.25) is 0 Å². The summed E-state index contributed by atoms with van der Waals surface area (Å²) in [6.45, 7) is 4.78. The normalized spacial score (nSPS) is 12.2. The second-order valence-corrected chi connectivity index (χ2v) is 8.05. The first-order valence-electron chi connectivity index (χ1n) is 9.12. The molecule has 0 aliphatic rings. The lowest BCUT2D eigenvalue weighted by molar-refractivity contribution is 0.0941. The molecule has 2 heterocycles. The largest absolute Gasteiger partial charge is 0.347 e. The summed E-state index contributed by atoms with van der Waals surface area (Å²) in [4.78, 5) is 14.3. The quantitative estimate of drug-likeness (QED) is 0.488. The van der Waals surface area contributed by atoms with Gasteiger partial charge in [-0.25, -0.2) is 0 Å². The Kier molecular flexibility index (Phi) is 4.82. The van der Waals surface area contributed by atoms with Gasteiger partial charge in [0.1, 0.15) is 5.69 Å². The van der Waals surface area contributed by atoms with Crippen LogP contribution in [0.15, 0.2) is 72.8 Å². The summed E-state index contributed by atoms with van der Waals surface area (Å²) in [6, 6.07) is 24.6. The molecule has 4 heteroatoms. The molecule has 0 fully saturated rings. The number of carbonyl (C=O) groups excluding carboxylic acids is 1. The lowest BCUT2D eigenvalue weighted by atomic mass is 10.1. The van der Waals surface area contributed by atoms with Gasteiger partial charge >= 0.3 is 0 Å². The molecule has 0 bridgehead atoms. The van der Waals surface area contributed by atoms with E-state index in [9.17, 15) is 4.79 Å². The summed E-state index contributed by atoms with van der Waals surface area (Å²) in [5.74, 6) is -0.0392. The maximum atomic E-state index is 13.0. The second kappa shape index (κ2) is 7.41. The van der Waals surface area contributed by atoms with E-state index >= 15 is 0 Å². The Morgan fingerprint density at radius 1 is 1.04 bits per heavy atom. The minimum atomic E-state index is -0.0392. The maximum Gasteiger partial charge on any atom is 0.268 e. The van der Waals surface area contributed by atoms with Gasteiger partial charge in [-0.05, 0) is 37.1 Å². The fourth-order valence-electron chi connectivity index (χ4n) is 3.48. The van der Waals surface area contributed by atoms with Crippen molar-refractivity contribution in [2.24, 2.45) is 0 Å². The molecule has 2 aromatic carbocycles. The van der Waals surface area contributed by atoms with Crippen LogP contribution in [0.5, 0.6) is 0 Å². The first-order valence-corrected chi connectivity index (χ1v) is 9.93. The fraction of sp³-hybridized carbons (Fsp3) is 0.174. The van der Waals surface area contributed by atoms with Crippen molar-refractivity contribution < 1.29 is 4.79 Å². The summed E-state index contributed by atoms with van der Waals surface area (Å²) in [6.07, 6.45) is 0. The first kappa shape index (κ1) is 17.6. The molecule has 0 saturated carbocycles. The van der Waals surface area contributed by atoms with Gasteiger partial charge in [-0.3, -0.25) is 4.79 Å². The third-order valence-electron chi connectivity index (χ3n) is 4.85. The maximum absolute atomic E-state index is 13.0. The third-order valence-corrected chi connectivity index (χ3v) is 5.83. The monoisotopic (exact) mass is 374 g/mol. The van der Waals surface area contributed by atoms with Crippen molar-refractivity contribution in [2.45, 2.75) is 26.4 Å². The standard InChI is InChI=1S/C23H22N2OS/c1-16-13-20-22(27-16)14-21(23(26)24-15-18-9-5-3-6-10-18)25(20)17(2)19-11-7-4-8-12-19/h3-14,17H,15H2,1-2H3,(H,24,26). The molecule has 0 saturated heterocycles. The minimum Gasteiger partial charge on any atom is -0.347 e. The highest BCUT2D eigenvalue weighted by molar-refractivity contribution is 7.19. The molecule has 1 atom stereocenters. The highest BCUT2D eigenvalue weighted by Gasteiger charge is 2.21. The highest BCUT2D eigenvalue weighted by Crippen LogP contribution is 2.33. The van der Waals surface area contributed by atoms with Crippen LogP contribution in [-0.2, 0) is 6.54 Å². The average molecular weight is 375 g/mol. The Balaban J connectivity index is 1.69. The number of carbonyl (C=O) groups is 1. The van der Waals surface area contributed by atoms with Gasteiger partial charge in [-0.1, -0.05) is 60.7 Å². The van der Waals surface area contributed by atoms with E-state index in [0.29, 0.717) is 12.2 Å². The molecule has 1 unspecified atom stereocenters. The van der Waals surface area contributed by atoms with Crippen LogP contribution >= 0.6 is 11.3 Å². The van der Waals surface area contributed by atoms with E-state index in [-0.39, 0.29) is 11.9 Å². The number of aryl methyl sites for hydroxylation is 1. The molecule has 0 radical (unpaired) electrons. The van der Waals surface area contributed by atoms with E-state index in [1.807, 2.05) is 54.6 Å². The van der Waals surface area contributed by atoms with E-state index in [2.05, 4.69) is 41.9 Å². The number of amides is 1. The van der Waals surface area contributed by atoms with Crippen molar-refractivity contribution >= 4 is 27.5 Å². The summed E-state index contributed by atoms with van der Waals surface area (Å²) in [7, 11) is 0. The number of thiophene rings is 1. The molecule has 2 aromatic heterocycles. The molecule has 136 valence electrons. The zero-order chi connectivity index (χ0) is 18.8. The SMILES string of the molecule is Cc1cc2c(cc(C(=O)NCc3ccccc3)n2C(C)c2ccccc2)s1. The van der Waals surface area contributed by atoms with Crippen LogP contribution in [-0.4, -0.2) is 10.5 Å². The van der Waals surface area contributed by atoms with E-state index in [4.69, 9.17) is 0 Å². The van der Waals surface area contributed by atoms with Gasteiger partial charge in [0.05, 0.1) is 16.3 Å². The molecule has 0 aliphatic carbocycles. The smallest absolute Gasteiger partial charge is 0.268 e. The zero-order valence-corrected chi connectivity index (χ0v) is 16.3. The molecule has 1 N–H and O–H groups in total. The fourth-order valence-corrected chi connectivity index (χ4v) is 4.43. The molecule has 4 aromatic rings. The second-order valence-electron chi connectivity index (χ2n) is 6.76. The van der Waals surface area contributed by atoms with Crippen LogP contribution in [0.3, 0.4) is 0 Å². The van der Waals surface area contributed by atoms with Gasteiger partial charge in [-0.15, -0.1) is 11.3 Å². The van der Waals surface area contributed by atoms with Crippen LogP contribution < -0.4 is 5.32 Å². The van der Waals surface area contributed by atoms with Crippen LogP contribution in [0, 0.1) is 6.92 Å². The number of fused-ring (bicyclic) bond motifs is 1. The number of nitrogens with zero attached hydrogens (tertiary/aromatic N) is 1. The summed E-state index contributed by atoms with van der Waals surface area (Å²) < 4.78 is 3.31. The van der Waals surface area contributed by atoms with Crippen molar-refractivity contribution in [3.05, 3.63) is 94.5 Å². The van der Waals surface area contributed by atoms with Gasteiger partial charge in [0.25, 0.3) is 5.91 Å². The molecule has 4 rings (SSSR count). The van der Waals surface area contributed by atoms with Gasteiger partial charge < -0.3 is 9.88 Å². The highest BCUT2D eigenvalue weighted by atomic mass is 32.1. The van der Waals surface area contributed by atoms with Crippen LogP contribution in [0.4, 0.5) is 0 Å². The lowest BCUT2D eigenvalue weighted by Crippen LogP contribution is -2.26. The van der Waals surface area contributed by atoms with E-state index in [1.54, 1.807) is 11.3 Å². The van der Waals surface area contributed by atoms with Crippen molar-refractivity contribution in [3.63, 3.8) is 0 Å². The minimum absolute atomic E-state index is 0.0392.